The lowest BCUT2D eigenvalue weighted by atomic mass is 9.49. The first-order valence-corrected chi connectivity index (χ1v) is 8.63. The van der Waals surface area contributed by atoms with Crippen molar-refractivity contribution in [2.75, 3.05) is 12.4 Å². The van der Waals surface area contributed by atoms with Crippen LogP contribution in [0.2, 0.25) is 0 Å². The summed E-state index contributed by atoms with van der Waals surface area (Å²) in [4.78, 5) is 23.7. The van der Waals surface area contributed by atoms with Gasteiger partial charge in [0.05, 0.1) is 17.4 Å². The quantitative estimate of drug-likeness (QED) is 0.673. The number of anilines is 1. The van der Waals surface area contributed by atoms with Crippen molar-refractivity contribution in [1.82, 2.24) is 0 Å². The molecule has 0 aliphatic heterocycles. The second kappa shape index (κ2) is 5.46. The van der Waals surface area contributed by atoms with Gasteiger partial charge in [-0.25, -0.2) is 0 Å². The lowest BCUT2D eigenvalue weighted by Crippen LogP contribution is -2.51. The van der Waals surface area contributed by atoms with Gasteiger partial charge >= 0.3 is 5.69 Å². The summed E-state index contributed by atoms with van der Waals surface area (Å²) < 4.78 is 5.01. The van der Waals surface area contributed by atoms with Crippen LogP contribution in [-0.2, 0) is 4.79 Å². The topological polar surface area (TPSA) is 81.5 Å². The molecule has 5 rings (SSSR count). The van der Waals surface area contributed by atoms with E-state index < -0.39 is 4.92 Å². The van der Waals surface area contributed by atoms with Gasteiger partial charge in [-0.3, -0.25) is 14.9 Å². The van der Waals surface area contributed by atoms with E-state index in [2.05, 4.69) is 5.32 Å². The van der Waals surface area contributed by atoms with Crippen LogP contribution in [0.15, 0.2) is 18.2 Å². The van der Waals surface area contributed by atoms with Crippen LogP contribution in [0.3, 0.4) is 0 Å². The van der Waals surface area contributed by atoms with Crippen LogP contribution in [0, 0.1) is 33.3 Å². The second-order valence-corrected chi connectivity index (χ2v) is 7.80. The van der Waals surface area contributed by atoms with E-state index in [1.807, 2.05) is 0 Å². The molecule has 6 heteroatoms. The zero-order valence-electron chi connectivity index (χ0n) is 13.8. The standard InChI is InChI=1S/C18H22N2O4/c1-24-16-3-2-14(7-15(16)20(22)23)19-17(21)18-8-11-4-12(9-18)6-13(5-11)10-18/h2-3,7,11-13H,4-6,8-10H2,1H3,(H,19,21). The van der Waals surface area contributed by atoms with E-state index in [-0.39, 0.29) is 22.8 Å². The molecule has 4 aliphatic rings. The summed E-state index contributed by atoms with van der Waals surface area (Å²) in [6, 6.07) is 4.59. The minimum atomic E-state index is -0.487. The molecule has 0 atom stereocenters. The number of nitro benzene ring substituents is 1. The maximum atomic E-state index is 13.0. The van der Waals surface area contributed by atoms with E-state index >= 15 is 0 Å². The highest BCUT2D eigenvalue weighted by atomic mass is 16.6. The number of hydrogen-bond donors (Lipinski definition) is 1. The molecule has 4 saturated carbocycles. The predicted octanol–water partition coefficient (Wildman–Crippen LogP) is 3.76. The van der Waals surface area contributed by atoms with Gasteiger partial charge in [-0.05, 0) is 68.4 Å². The van der Waals surface area contributed by atoms with Crippen LogP contribution >= 0.6 is 0 Å². The Kier molecular flexibility index (Phi) is 3.51. The van der Waals surface area contributed by atoms with Crippen molar-refractivity contribution in [2.24, 2.45) is 23.2 Å². The van der Waals surface area contributed by atoms with Crippen molar-refractivity contribution in [3.63, 3.8) is 0 Å². The average molecular weight is 330 g/mol. The van der Waals surface area contributed by atoms with Gasteiger partial charge < -0.3 is 10.1 Å². The Morgan fingerprint density at radius 1 is 1.21 bits per heavy atom. The van der Waals surface area contributed by atoms with Gasteiger partial charge in [-0.1, -0.05) is 0 Å². The maximum absolute atomic E-state index is 13.0. The third-order valence-electron chi connectivity index (χ3n) is 6.15. The molecule has 4 aliphatic carbocycles. The zero-order chi connectivity index (χ0) is 16.9. The number of nitro groups is 1. The molecular weight excluding hydrogens is 308 g/mol. The van der Waals surface area contributed by atoms with Gasteiger partial charge in [0.15, 0.2) is 5.75 Å². The Hall–Kier alpha value is -2.11. The minimum absolute atomic E-state index is 0.0427. The molecule has 0 radical (unpaired) electrons. The summed E-state index contributed by atoms with van der Waals surface area (Å²) in [5.74, 6) is 2.31. The number of nitrogens with one attached hydrogen (secondary N) is 1. The molecule has 0 heterocycles. The number of carbonyl (C=O) groups is 1. The molecule has 24 heavy (non-hydrogen) atoms. The van der Waals surface area contributed by atoms with E-state index in [0.29, 0.717) is 23.4 Å². The fourth-order valence-electron chi connectivity index (χ4n) is 5.56. The van der Waals surface area contributed by atoms with Crippen LogP contribution in [0.4, 0.5) is 11.4 Å². The SMILES string of the molecule is COc1ccc(NC(=O)C23CC4CC(CC(C4)C2)C3)cc1[N+](=O)[O-]. The highest BCUT2D eigenvalue weighted by molar-refractivity contribution is 5.96. The van der Waals surface area contributed by atoms with Crippen molar-refractivity contribution in [2.45, 2.75) is 38.5 Å². The summed E-state index contributed by atoms with van der Waals surface area (Å²) in [6.45, 7) is 0. The van der Waals surface area contributed by atoms with Crippen LogP contribution in [0.1, 0.15) is 38.5 Å². The first-order valence-electron chi connectivity index (χ1n) is 8.63. The Morgan fingerprint density at radius 2 is 1.79 bits per heavy atom. The Labute approximate surface area is 140 Å². The molecule has 0 saturated heterocycles. The number of amides is 1. The largest absolute Gasteiger partial charge is 0.490 e. The van der Waals surface area contributed by atoms with Crippen molar-refractivity contribution < 1.29 is 14.5 Å². The number of ether oxygens (including phenoxy) is 1. The number of methoxy groups -OCH3 is 1. The van der Waals surface area contributed by atoms with Crippen molar-refractivity contribution in [3.8, 4) is 5.75 Å². The molecule has 1 amide bonds. The number of nitrogens with zero attached hydrogens (tertiary/aromatic N) is 1. The van der Waals surface area contributed by atoms with Gasteiger partial charge in [0, 0.05) is 11.8 Å². The van der Waals surface area contributed by atoms with Gasteiger partial charge in [0.1, 0.15) is 0 Å². The highest BCUT2D eigenvalue weighted by Gasteiger charge is 2.54. The van der Waals surface area contributed by atoms with Gasteiger partial charge in [0.25, 0.3) is 0 Å². The molecular formula is C18H22N2O4. The molecule has 1 aromatic rings. The molecule has 0 unspecified atom stereocenters. The Balaban J connectivity index is 1.56. The van der Waals surface area contributed by atoms with Crippen molar-refractivity contribution >= 4 is 17.3 Å². The third-order valence-corrected chi connectivity index (χ3v) is 6.15. The van der Waals surface area contributed by atoms with Crippen molar-refractivity contribution in [3.05, 3.63) is 28.3 Å². The first kappa shape index (κ1) is 15.4. The van der Waals surface area contributed by atoms with Crippen molar-refractivity contribution in [1.29, 1.82) is 0 Å². The van der Waals surface area contributed by atoms with E-state index in [4.69, 9.17) is 4.74 Å². The second-order valence-electron chi connectivity index (χ2n) is 7.80. The normalized spacial score (nSPS) is 33.3. The lowest BCUT2D eigenvalue weighted by Gasteiger charge is -2.55. The fraction of sp³-hybridized carbons (Fsp3) is 0.611. The molecule has 0 spiro atoms. The summed E-state index contributed by atoms with van der Waals surface area (Å²) in [6.07, 6.45) is 6.76. The zero-order valence-corrected chi connectivity index (χ0v) is 13.8. The van der Waals surface area contributed by atoms with Crippen LogP contribution in [0.5, 0.6) is 5.75 Å². The van der Waals surface area contributed by atoms with Gasteiger partial charge in [-0.15, -0.1) is 0 Å². The van der Waals surface area contributed by atoms with E-state index in [1.54, 1.807) is 6.07 Å². The van der Waals surface area contributed by atoms with Crippen LogP contribution < -0.4 is 10.1 Å². The molecule has 4 fully saturated rings. The molecule has 0 aromatic heterocycles. The molecule has 1 aromatic carbocycles. The molecule has 4 bridgehead atoms. The number of carbonyl (C=O) groups excluding carboxylic acids is 1. The fourth-order valence-corrected chi connectivity index (χ4v) is 5.56. The number of hydrogen-bond acceptors (Lipinski definition) is 4. The monoisotopic (exact) mass is 330 g/mol. The maximum Gasteiger partial charge on any atom is 0.312 e. The van der Waals surface area contributed by atoms with E-state index in [1.165, 1.54) is 38.5 Å². The minimum Gasteiger partial charge on any atom is -0.490 e. The molecule has 128 valence electrons. The number of benzene rings is 1. The van der Waals surface area contributed by atoms with Crippen LogP contribution in [0.25, 0.3) is 0 Å². The third kappa shape index (κ3) is 2.44. The summed E-state index contributed by atoms with van der Waals surface area (Å²) in [7, 11) is 1.40. The lowest BCUT2D eigenvalue weighted by molar-refractivity contribution is -0.385. The van der Waals surface area contributed by atoms with Crippen LogP contribution in [-0.4, -0.2) is 17.9 Å². The smallest absolute Gasteiger partial charge is 0.312 e. The summed E-state index contributed by atoms with van der Waals surface area (Å²) >= 11 is 0. The van der Waals surface area contributed by atoms with E-state index in [9.17, 15) is 14.9 Å². The van der Waals surface area contributed by atoms with Gasteiger partial charge in [-0.2, -0.15) is 0 Å². The van der Waals surface area contributed by atoms with E-state index in [0.717, 1.165) is 19.3 Å². The highest BCUT2D eigenvalue weighted by Crippen LogP contribution is 2.60. The molecule has 1 N–H and O–H groups in total. The average Bonchev–Trinajstić information content (AvgIpc) is 2.53. The summed E-state index contributed by atoms with van der Waals surface area (Å²) in [5, 5.41) is 14.1. The Bertz CT molecular complexity index is 665. The predicted molar refractivity (Wildman–Crippen MR) is 88.9 cm³/mol. The van der Waals surface area contributed by atoms with Gasteiger partial charge in [0.2, 0.25) is 5.91 Å². The molecule has 6 nitrogen and oxygen atoms in total. The summed E-state index contributed by atoms with van der Waals surface area (Å²) in [5.41, 5.74) is 0.0905. The first-order chi connectivity index (χ1) is 11.5. The number of rotatable bonds is 4. The Morgan fingerprint density at radius 3 is 2.29 bits per heavy atom.